The number of hydrogen-bond acceptors (Lipinski definition) is 1. The van der Waals surface area contributed by atoms with Crippen LogP contribution < -0.4 is 0 Å². The van der Waals surface area contributed by atoms with E-state index in [0.29, 0.717) is 0 Å². The van der Waals surface area contributed by atoms with Crippen LogP contribution in [-0.2, 0) is 7.05 Å². The first-order valence-electron chi connectivity index (χ1n) is 6.70. The van der Waals surface area contributed by atoms with E-state index in [-0.39, 0.29) is 5.69 Å². The summed E-state index contributed by atoms with van der Waals surface area (Å²) >= 11 is 0. The van der Waals surface area contributed by atoms with Gasteiger partial charge in [-0.25, -0.2) is 4.79 Å². The molecule has 0 radical (unpaired) electrons. The quantitative estimate of drug-likeness (QED) is 0.784. The highest BCUT2D eigenvalue weighted by molar-refractivity contribution is 5.93. The number of fused-ring (bicyclic) bond motifs is 1. The van der Waals surface area contributed by atoms with Crippen molar-refractivity contribution in [2.45, 2.75) is 0 Å². The fourth-order valence-corrected chi connectivity index (χ4v) is 2.48. The number of carboxylic acid groups (broad SMARTS) is 1. The van der Waals surface area contributed by atoms with Gasteiger partial charge in [0.05, 0.1) is 0 Å². The summed E-state index contributed by atoms with van der Waals surface area (Å²) in [7, 11) is 1.73. The predicted molar refractivity (Wildman–Crippen MR) is 85.2 cm³/mol. The van der Waals surface area contributed by atoms with Gasteiger partial charge in [-0.1, -0.05) is 54.6 Å². The lowest BCUT2D eigenvalue weighted by Gasteiger charge is -2.01. The molecule has 0 amide bonds. The van der Waals surface area contributed by atoms with E-state index >= 15 is 0 Å². The van der Waals surface area contributed by atoms with E-state index in [4.69, 9.17) is 5.11 Å². The Kier molecular flexibility index (Phi) is 3.32. The molecule has 2 aromatic carbocycles. The molecule has 0 aliphatic heterocycles. The molecule has 0 aliphatic rings. The summed E-state index contributed by atoms with van der Waals surface area (Å²) in [4.78, 5) is 11.0. The monoisotopic (exact) mass is 277 g/mol. The van der Waals surface area contributed by atoms with Crippen LogP contribution in [0.4, 0.5) is 0 Å². The summed E-state index contributed by atoms with van der Waals surface area (Å²) in [6, 6.07) is 16.0. The van der Waals surface area contributed by atoms with Gasteiger partial charge >= 0.3 is 5.97 Å². The van der Waals surface area contributed by atoms with Crippen LogP contribution in [0.3, 0.4) is 0 Å². The fourth-order valence-electron chi connectivity index (χ4n) is 2.48. The second-order valence-corrected chi connectivity index (χ2v) is 4.98. The zero-order valence-corrected chi connectivity index (χ0v) is 11.7. The molecular formula is C18H15NO2. The number of aryl methyl sites for hydroxylation is 1. The van der Waals surface area contributed by atoms with Gasteiger partial charge < -0.3 is 9.67 Å². The molecule has 104 valence electrons. The second-order valence-electron chi connectivity index (χ2n) is 4.98. The largest absolute Gasteiger partial charge is 0.477 e. The third-order valence-corrected chi connectivity index (χ3v) is 3.52. The van der Waals surface area contributed by atoms with Crippen molar-refractivity contribution in [2.24, 2.45) is 7.05 Å². The van der Waals surface area contributed by atoms with Gasteiger partial charge in [0, 0.05) is 13.2 Å². The molecule has 0 aliphatic carbocycles. The van der Waals surface area contributed by atoms with Crippen LogP contribution in [0.25, 0.3) is 22.9 Å². The highest BCUT2D eigenvalue weighted by atomic mass is 16.4. The van der Waals surface area contributed by atoms with E-state index in [1.165, 1.54) is 10.8 Å². The normalized spacial score (nSPS) is 11.3. The zero-order chi connectivity index (χ0) is 14.8. The molecule has 1 aromatic heterocycles. The van der Waals surface area contributed by atoms with E-state index in [1.54, 1.807) is 17.7 Å². The summed E-state index contributed by atoms with van der Waals surface area (Å²) in [5.74, 6) is -0.915. The maximum absolute atomic E-state index is 11.0. The first kappa shape index (κ1) is 13.2. The minimum absolute atomic E-state index is 0.285. The number of benzene rings is 2. The van der Waals surface area contributed by atoms with Crippen molar-refractivity contribution in [3.8, 4) is 0 Å². The van der Waals surface area contributed by atoms with Crippen LogP contribution in [0.5, 0.6) is 0 Å². The fraction of sp³-hybridized carbons (Fsp3) is 0.0556. The number of aromatic nitrogens is 1. The number of rotatable bonds is 3. The lowest BCUT2D eigenvalue weighted by molar-refractivity contribution is 0.0686. The Labute approximate surface area is 122 Å². The molecule has 0 atom stereocenters. The van der Waals surface area contributed by atoms with Crippen molar-refractivity contribution in [1.29, 1.82) is 0 Å². The molecule has 0 saturated carbocycles. The van der Waals surface area contributed by atoms with Gasteiger partial charge in [-0.15, -0.1) is 0 Å². The molecule has 0 spiro atoms. The van der Waals surface area contributed by atoms with Gasteiger partial charge in [0.1, 0.15) is 5.69 Å². The summed E-state index contributed by atoms with van der Waals surface area (Å²) in [6.45, 7) is 0. The molecule has 0 unspecified atom stereocenters. The molecule has 1 heterocycles. The maximum Gasteiger partial charge on any atom is 0.352 e. The number of carbonyl (C=O) groups is 1. The molecule has 3 heteroatoms. The van der Waals surface area contributed by atoms with E-state index in [0.717, 1.165) is 11.1 Å². The highest BCUT2D eigenvalue weighted by Gasteiger charge is 2.08. The van der Waals surface area contributed by atoms with E-state index in [2.05, 4.69) is 24.3 Å². The minimum Gasteiger partial charge on any atom is -0.477 e. The van der Waals surface area contributed by atoms with Crippen LogP contribution in [0.15, 0.2) is 54.7 Å². The van der Waals surface area contributed by atoms with Gasteiger partial charge in [0.2, 0.25) is 0 Å². The highest BCUT2D eigenvalue weighted by Crippen LogP contribution is 2.21. The lowest BCUT2D eigenvalue weighted by atomic mass is 10.0. The van der Waals surface area contributed by atoms with Gasteiger partial charge in [0.25, 0.3) is 0 Å². The van der Waals surface area contributed by atoms with Crippen molar-refractivity contribution in [1.82, 2.24) is 4.57 Å². The molecule has 0 saturated heterocycles. The van der Waals surface area contributed by atoms with E-state index < -0.39 is 5.97 Å². The van der Waals surface area contributed by atoms with Crippen molar-refractivity contribution in [2.75, 3.05) is 0 Å². The smallest absolute Gasteiger partial charge is 0.352 e. The Morgan fingerprint density at radius 3 is 2.62 bits per heavy atom. The summed E-state index contributed by atoms with van der Waals surface area (Å²) < 4.78 is 1.62. The SMILES string of the molecule is Cn1cc(/C=C/c2cccc3ccccc23)cc1C(=O)O. The van der Waals surface area contributed by atoms with Gasteiger partial charge in [-0.2, -0.15) is 0 Å². The van der Waals surface area contributed by atoms with E-state index in [9.17, 15) is 4.79 Å². The molecular weight excluding hydrogens is 262 g/mol. The molecule has 0 fully saturated rings. The minimum atomic E-state index is -0.915. The van der Waals surface area contributed by atoms with Crippen molar-refractivity contribution >= 4 is 28.9 Å². The summed E-state index contributed by atoms with van der Waals surface area (Å²) in [6.07, 6.45) is 5.77. The molecule has 21 heavy (non-hydrogen) atoms. The van der Waals surface area contributed by atoms with Crippen molar-refractivity contribution in [3.05, 3.63) is 71.5 Å². The third kappa shape index (κ3) is 2.58. The van der Waals surface area contributed by atoms with Crippen LogP contribution in [0, 0.1) is 0 Å². The number of carboxylic acids is 1. The third-order valence-electron chi connectivity index (χ3n) is 3.52. The van der Waals surface area contributed by atoms with Crippen LogP contribution in [0.2, 0.25) is 0 Å². The van der Waals surface area contributed by atoms with Gasteiger partial charge in [-0.3, -0.25) is 0 Å². The second kappa shape index (κ2) is 5.29. The standard InChI is InChI=1S/C18H15NO2/c1-19-12-13(11-17(19)18(20)21)9-10-15-7-4-6-14-5-2-3-8-16(14)15/h2-12H,1H3,(H,20,21)/b10-9+. The van der Waals surface area contributed by atoms with Crippen molar-refractivity contribution in [3.63, 3.8) is 0 Å². The molecule has 0 bridgehead atoms. The van der Waals surface area contributed by atoms with Crippen LogP contribution >= 0.6 is 0 Å². The molecule has 3 rings (SSSR count). The topological polar surface area (TPSA) is 42.2 Å². The first-order valence-corrected chi connectivity index (χ1v) is 6.70. The number of hydrogen-bond donors (Lipinski definition) is 1. The first-order chi connectivity index (χ1) is 10.1. The van der Waals surface area contributed by atoms with Crippen LogP contribution in [0.1, 0.15) is 21.6 Å². The van der Waals surface area contributed by atoms with Crippen molar-refractivity contribution < 1.29 is 9.90 Å². The summed E-state index contributed by atoms with van der Waals surface area (Å²) in [5.41, 5.74) is 2.28. The summed E-state index contributed by atoms with van der Waals surface area (Å²) in [5, 5.41) is 11.4. The molecule has 1 N–H and O–H groups in total. The molecule has 3 aromatic rings. The van der Waals surface area contributed by atoms with Gasteiger partial charge in [0.15, 0.2) is 0 Å². The van der Waals surface area contributed by atoms with E-state index in [1.807, 2.05) is 36.5 Å². The Morgan fingerprint density at radius 2 is 1.86 bits per heavy atom. The Bertz CT molecular complexity index is 838. The zero-order valence-electron chi connectivity index (χ0n) is 11.7. The Morgan fingerprint density at radius 1 is 1.10 bits per heavy atom. The Balaban J connectivity index is 1.98. The average molecular weight is 277 g/mol. The number of nitrogens with zero attached hydrogens (tertiary/aromatic N) is 1. The van der Waals surface area contributed by atoms with Crippen LogP contribution in [-0.4, -0.2) is 15.6 Å². The predicted octanol–water partition coefficient (Wildman–Crippen LogP) is 4.05. The Hall–Kier alpha value is -2.81. The lowest BCUT2D eigenvalue weighted by Crippen LogP contribution is -2.02. The number of aromatic carboxylic acids is 1. The average Bonchev–Trinajstić information content (AvgIpc) is 2.86. The van der Waals surface area contributed by atoms with Gasteiger partial charge in [-0.05, 0) is 28.0 Å². The maximum atomic E-state index is 11.0. The molecule has 3 nitrogen and oxygen atoms in total.